The van der Waals surface area contributed by atoms with E-state index in [1.165, 1.54) is 27.6 Å². The highest BCUT2D eigenvalue weighted by molar-refractivity contribution is 6.17. The summed E-state index contributed by atoms with van der Waals surface area (Å²) in [7, 11) is 0. The molecule has 9 aromatic carbocycles. The molecular weight excluding hydrogens is 697 g/mol. The van der Waals surface area contributed by atoms with Crippen LogP contribution in [-0.2, 0) is 0 Å². The van der Waals surface area contributed by atoms with Crippen molar-refractivity contribution in [2.75, 3.05) is 4.90 Å². The number of benzene rings is 9. The van der Waals surface area contributed by atoms with Crippen LogP contribution >= 0.6 is 0 Å². The molecule has 0 aliphatic rings. The average molecular weight is 731 g/mol. The lowest BCUT2D eigenvalue weighted by atomic mass is 10.00. The first-order valence-electron chi connectivity index (χ1n) is 19.2. The second-order valence-electron chi connectivity index (χ2n) is 14.4. The smallest absolute Gasteiger partial charge is 0.227 e. The Hall–Kier alpha value is -7.69. The number of furan rings is 1. The summed E-state index contributed by atoms with van der Waals surface area (Å²) >= 11 is 0. The van der Waals surface area contributed by atoms with E-state index >= 15 is 0 Å². The number of fused-ring (bicyclic) bond motifs is 6. The molecule has 11 rings (SSSR count). The van der Waals surface area contributed by atoms with Gasteiger partial charge < -0.3 is 13.7 Å². The number of oxazole rings is 1. The van der Waals surface area contributed by atoms with Crippen LogP contribution in [0.4, 0.5) is 17.1 Å². The van der Waals surface area contributed by atoms with Gasteiger partial charge in [-0.3, -0.25) is 0 Å². The Labute approximate surface area is 329 Å². The predicted octanol–water partition coefficient (Wildman–Crippen LogP) is 15.0. The number of nitrogens with zero attached hydrogens (tertiary/aromatic N) is 2. The van der Waals surface area contributed by atoms with Gasteiger partial charge in [-0.25, -0.2) is 4.98 Å². The van der Waals surface area contributed by atoms with Gasteiger partial charge in [0.05, 0.1) is 5.39 Å². The van der Waals surface area contributed by atoms with Crippen LogP contribution < -0.4 is 4.90 Å². The molecule has 0 N–H and O–H groups in total. The van der Waals surface area contributed by atoms with E-state index in [1.807, 2.05) is 18.2 Å². The standard InChI is InChI=1S/C53H34N2O2/c1-3-10-35(11-4-1)37-18-20-38(21-19-37)39-24-27-45(28-25-39)55(44-15-5-2-6-16-44)46-17-9-14-41(33-46)42-26-29-47-50(34-42)56-48-30-31-49-52(51(47)48)54-53(57-49)43-23-22-36-12-7-8-13-40(36)32-43/h1-34H. The largest absolute Gasteiger partial charge is 0.456 e. The summed E-state index contributed by atoms with van der Waals surface area (Å²) in [6.45, 7) is 0. The van der Waals surface area contributed by atoms with Crippen molar-refractivity contribution in [3.05, 3.63) is 206 Å². The lowest BCUT2D eigenvalue weighted by Gasteiger charge is -2.26. The van der Waals surface area contributed by atoms with E-state index in [0.717, 1.165) is 72.2 Å². The van der Waals surface area contributed by atoms with Crippen molar-refractivity contribution in [1.82, 2.24) is 4.98 Å². The number of rotatable bonds is 7. The van der Waals surface area contributed by atoms with Crippen molar-refractivity contribution in [2.24, 2.45) is 0 Å². The highest BCUT2D eigenvalue weighted by Crippen LogP contribution is 2.41. The maximum absolute atomic E-state index is 6.50. The number of para-hydroxylation sites is 1. The monoisotopic (exact) mass is 730 g/mol. The van der Waals surface area contributed by atoms with Crippen molar-refractivity contribution in [2.45, 2.75) is 0 Å². The first-order valence-corrected chi connectivity index (χ1v) is 19.2. The number of aromatic nitrogens is 1. The molecule has 4 nitrogen and oxygen atoms in total. The van der Waals surface area contributed by atoms with E-state index in [9.17, 15) is 0 Å². The summed E-state index contributed by atoms with van der Waals surface area (Å²) in [6.07, 6.45) is 0. The van der Waals surface area contributed by atoms with E-state index in [1.54, 1.807) is 0 Å². The van der Waals surface area contributed by atoms with Gasteiger partial charge in [0.2, 0.25) is 5.89 Å². The third kappa shape index (κ3) is 5.92. The Bertz CT molecular complexity index is 3220. The number of anilines is 3. The van der Waals surface area contributed by atoms with Crippen LogP contribution in [0, 0.1) is 0 Å². The Kier molecular flexibility index (Phi) is 7.78. The molecule has 11 aromatic rings. The topological polar surface area (TPSA) is 42.4 Å². The summed E-state index contributed by atoms with van der Waals surface area (Å²) in [5.41, 5.74) is 14.3. The van der Waals surface area contributed by atoms with Crippen molar-refractivity contribution < 1.29 is 8.83 Å². The minimum atomic E-state index is 0.598. The second-order valence-corrected chi connectivity index (χ2v) is 14.4. The summed E-state index contributed by atoms with van der Waals surface area (Å²) in [5, 5.41) is 4.31. The molecule has 4 heteroatoms. The van der Waals surface area contributed by atoms with Crippen LogP contribution in [0.2, 0.25) is 0 Å². The van der Waals surface area contributed by atoms with Gasteiger partial charge in [-0.15, -0.1) is 0 Å². The Morgan fingerprint density at radius 2 is 0.895 bits per heavy atom. The van der Waals surface area contributed by atoms with Crippen LogP contribution in [0.3, 0.4) is 0 Å². The van der Waals surface area contributed by atoms with Crippen molar-refractivity contribution in [3.63, 3.8) is 0 Å². The normalized spacial score (nSPS) is 11.5. The Morgan fingerprint density at radius 1 is 0.333 bits per heavy atom. The molecule has 0 saturated carbocycles. The van der Waals surface area contributed by atoms with Crippen molar-refractivity contribution in [1.29, 1.82) is 0 Å². The van der Waals surface area contributed by atoms with Crippen molar-refractivity contribution >= 4 is 60.9 Å². The zero-order valence-electron chi connectivity index (χ0n) is 30.8. The van der Waals surface area contributed by atoms with E-state index in [-0.39, 0.29) is 0 Å². The quantitative estimate of drug-likeness (QED) is 0.164. The van der Waals surface area contributed by atoms with Gasteiger partial charge >= 0.3 is 0 Å². The van der Waals surface area contributed by atoms with E-state index in [2.05, 4.69) is 193 Å². The molecule has 0 saturated heterocycles. The molecule has 2 heterocycles. The molecule has 0 atom stereocenters. The highest BCUT2D eigenvalue weighted by atomic mass is 16.4. The third-order valence-electron chi connectivity index (χ3n) is 10.9. The molecule has 268 valence electrons. The fraction of sp³-hybridized carbons (Fsp3) is 0. The first-order chi connectivity index (χ1) is 28.2. The summed E-state index contributed by atoms with van der Waals surface area (Å²) in [6, 6.07) is 72.4. The maximum atomic E-state index is 6.50. The average Bonchev–Trinajstić information content (AvgIpc) is 3.89. The zero-order chi connectivity index (χ0) is 37.7. The molecule has 0 unspecified atom stereocenters. The summed E-state index contributed by atoms with van der Waals surface area (Å²) in [4.78, 5) is 7.32. The molecular formula is C53H34N2O2. The highest BCUT2D eigenvalue weighted by Gasteiger charge is 2.18. The molecule has 0 radical (unpaired) electrons. The zero-order valence-corrected chi connectivity index (χ0v) is 30.8. The van der Waals surface area contributed by atoms with Gasteiger partial charge in [0.15, 0.2) is 5.58 Å². The van der Waals surface area contributed by atoms with Gasteiger partial charge in [0, 0.05) is 28.0 Å². The summed E-state index contributed by atoms with van der Waals surface area (Å²) in [5.74, 6) is 0.598. The minimum Gasteiger partial charge on any atom is -0.456 e. The second kappa shape index (κ2) is 13.6. The van der Waals surface area contributed by atoms with Crippen LogP contribution in [0.15, 0.2) is 215 Å². The molecule has 0 fully saturated rings. The number of hydrogen-bond acceptors (Lipinski definition) is 4. The molecule has 0 spiro atoms. The maximum Gasteiger partial charge on any atom is 0.227 e. The Morgan fingerprint density at radius 3 is 1.67 bits per heavy atom. The van der Waals surface area contributed by atoms with E-state index in [0.29, 0.717) is 5.89 Å². The molecule has 0 amide bonds. The van der Waals surface area contributed by atoms with E-state index in [4.69, 9.17) is 13.8 Å². The molecule has 0 aliphatic heterocycles. The predicted molar refractivity (Wildman–Crippen MR) is 235 cm³/mol. The minimum absolute atomic E-state index is 0.598. The fourth-order valence-electron chi connectivity index (χ4n) is 8.02. The third-order valence-corrected chi connectivity index (χ3v) is 10.9. The number of hydrogen-bond donors (Lipinski definition) is 0. The van der Waals surface area contributed by atoms with Crippen LogP contribution in [0.5, 0.6) is 0 Å². The van der Waals surface area contributed by atoms with Gasteiger partial charge in [0.1, 0.15) is 16.7 Å². The molecule has 0 aliphatic carbocycles. The van der Waals surface area contributed by atoms with Crippen molar-refractivity contribution in [3.8, 4) is 44.8 Å². The molecule has 2 aromatic heterocycles. The molecule has 57 heavy (non-hydrogen) atoms. The van der Waals surface area contributed by atoms with Crippen LogP contribution in [-0.4, -0.2) is 4.98 Å². The van der Waals surface area contributed by atoms with Gasteiger partial charge in [0.25, 0.3) is 0 Å². The summed E-state index contributed by atoms with van der Waals surface area (Å²) < 4.78 is 12.8. The van der Waals surface area contributed by atoms with Crippen LogP contribution in [0.25, 0.3) is 88.6 Å². The van der Waals surface area contributed by atoms with Gasteiger partial charge in [-0.05, 0) is 117 Å². The van der Waals surface area contributed by atoms with Gasteiger partial charge in [-0.1, -0.05) is 133 Å². The lowest BCUT2D eigenvalue weighted by molar-refractivity contribution is 0.619. The first kappa shape index (κ1) is 32.7. The lowest BCUT2D eigenvalue weighted by Crippen LogP contribution is -2.09. The van der Waals surface area contributed by atoms with E-state index < -0.39 is 0 Å². The molecule has 0 bridgehead atoms. The van der Waals surface area contributed by atoms with Crippen LogP contribution in [0.1, 0.15) is 0 Å². The van der Waals surface area contributed by atoms with Gasteiger partial charge in [-0.2, -0.15) is 0 Å². The Balaban J connectivity index is 0.930. The fourth-order valence-corrected chi connectivity index (χ4v) is 8.02. The SMILES string of the molecule is c1ccc(-c2ccc(-c3ccc(N(c4ccccc4)c4cccc(-c5ccc6c(c5)oc5ccc7oc(-c8ccc9ccccc9c8)nc7c56)c4)cc3)cc2)cc1.